The Hall–Kier alpha value is -2.35. The van der Waals surface area contributed by atoms with Crippen molar-refractivity contribution in [3.05, 3.63) is 30.1 Å². The number of carboxylic acid groups (broad SMARTS) is 1. The van der Waals surface area contributed by atoms with Crippen molar-refractivity contribution in [1.29, 1.82) is 0 Å². The molecule has 1 aromatic carbocycles. The molecule has 0 bridgehead atoms. The molecule has 8 heteroatoms. The van der Waals surface area contributed by atoms with E-state index in [9.17, 15) is 18.7 Å². The predicted molar refractivity (Wildman–Crippen MR) is 85.4 cm³/mol. The lowest BCUT2D eigenvalue weighted by molar-refractivity contribution is 0.153. The number of aromatic nitrogens is 2. The quantitative estimate of drug-likeness (QED) is 0.901. The number of benzene rings is 1. The zero-order valence-corrected chi connectivity index (χ0v) is 13.1. The Labute approximate surface area is 137 Å². The third-order valence-electron chi connectivity index (χ3n) is 4.25. The van der Waals surface area contributed by atoms with Crippen molar-refractivity contribution in [2.75, 3.05) is 18.0 Å². The van der Waals surface area contributed by atoms with E-state index in [0.29, 0.717) is 18.9 Å². The maximum atomic E-state index is 13.2. The largest absolute Gasteiger partial charge is 0.465 e. The van der Waals surface area contributed by atoms with Crippen LogP contribution in [0.2, 0.25) is 0 Å². The van der Waals surface area contributed by atoms with Crippen molar-refractivity contribution in [3.8, 4) is 0 Å². The Balaban J connectivity index is 2.12. The molecule has 0 radical (unpaired) electrons. The summed E-state index contributed by atoms with van der Waals surface area (Å²) in [6.45, 7) is 3.38. The number of nitrogens with one attached hydrogen (secondary N) is 1. The van der Waals surface area contributed by atoms with E-state index >= 15 is 0 Å². The van der Waals surface area contributed by atoms with Crippen LogP contribution in [0.4, 0.5) is 19.3 Å². The van der Waals surface area contributed by atoms with Crippen LogP contribution in [0.1, 0.15) is 25.3 Å². The Bertz CT molecular complexity index is 756. The first-order valence-electron chi connectivity index (χ1n) is 7.73. The Kier molecular flexibility index (Phi) is 4.57. The summed E-state index contributed by atoms with van der Waals surface area (Å²) in [7, 11) is 0. The van der Waals surface area contributed by atoms with Gasteiger partial charge in [0.25, 0.3) is 6.43 Å². The zero-order chi connectivity index (χ0) is 17.3. The smallest absolute Gasteiger partial charge is 0.412 e. The maximum absolute atomic E-state index is 13.2. The highest BCUT2D eigenvalue weighted by molar-refractivity contribution is 5.99. The van der Waals surface area contributed by atoms with Gasteiger partial charge in [0.15, 0.2) is 0 Å². The average Bonchev–Trinajstić information content (AvgIpc) is 2.54. The minimum absolute atomic E-state index is 0.0352. The van der Waals surface area contributed by atoms with E-state index in [-0.39, 0.29) is 28.3 Å². The van der Waals surface area contributed by atoms with Gasteiger partial charge in [-0.15, -0.1) is 0 Å². The van der Waals surface area contributed by atoms with Gasteiger partial charge < -0.3 is 10.4 Å². The Morgan fingerprint density at radius 2 is 2.00 bits per heavy atom. The fourth-order valence-corrected chi connectivity index (χ4v) is 3.21. The molecule has 2 atom stereocenters. The summed E-state index contributed by atoms with van der Waals surface area (Å²) in [6, 6.07) is 2.34. The molecule has 1 saturated heterocycles. The molecule has 1 aliphatic heterocycles. The second-order valence-electron chi connectivity index (χ2n) is 6.03. The van der Waals surface area contributed by atoms with Gasteiger partial charge in [-0.05, 0) is 31.0 Å². The maximum Gasteiger partial charge on any atom is 0.412 e. The van der Waals surface area contributed by atoms with Crippen molar-refractivity contribution in [2.24, 2.45) is 5.92 Å². The highest BCUT2D eigenvalue weighted by atomic mass is 19.3. The molecule has 1 fully saturated rings. The number of nitrogens with zero attached hydrogens (tertiary/aromatic N) is 3. The lowest BCUT2D eigenvalue weighted by Gasteiger charge is -2.35. The molecule has 2 heterocycles. The SMILES string of the molecule is C[C@@H]1CNC[C@H](N(C(=O)O)c2ccc(C(F)F)c3nccnc23)C1. The molecule has 0 spiro atoms. The van der Waals surface area contributed by atoms with E-state index in [4.69, 9.17) is 0 Å². The summed E-state index contributed by atoms with van der Waals surface area (Å²) in [5, 5.41) is 12.9. The van der Waals surface area contributed by atoms with E-state index < -0.39 is 12.5 Å². The fourth-order valence-electron chi connectivity index (χ4n) is 3.21. The number of hydrogen-bond acceptors (Lipinski definition) is 4. The third-order valence-corrected chi connectivity index (χ3v) is 4.25. The standard InChI is InChI=1S/C16H18F2N4O2/c1-9-6-10(8-19-7-9)22(16(23)24)12-3-2-11(15(17)18)13-14(12)21-5-4-20-13/h2-5,9-10,15,19H,6-8H2,1H3,(H,23,24)/t9-,10+/m0/s1. The molecule has 0 unspecified atom stereocenters. The summed E-state index contributed by atoms with van der Waals surface area (Å²) in [6.07, 6.45) is -0.436. The average molecular weight is 336 g/mol. The monoisotopic (exact) mass is 336 g/mol. The summed E-state index contributed by atoms with van der Waals surface area (Å²) in [5.74, 6) is 0.322. The molecule has 1 aromatic heterocycles. The fraction of sp³-hybridized carbons (Fsp3) is 0.438. The van der Waals surface area contributed by atoms with Gasteiger partial charge in [-0.3, -0.25) is 14.9 Å². The molecule has 3 rings (SSSR count). The summed E-state index contributed by atoms with van der Waals surface area (Å²) >= 11 is 0. The normalized spacial score (nSPS) is 21.2. The highest BCUT2D eigenvalue weighted by Gasteiger charge is 2.31. The molecular weight excluding hydrogens is 318 g/mol. The molecule has 128 valence electrons. The van der Waals surface area contributed by atoms with Crippen LogP contribution in [-0.2, 0) is 0 Å². The third kappa shape index (κ3) is 3.01. The summed E-state index contributed by atoms with van der Waals surface area (Å²) in [4.78, 5) is 21.2. The number of hydrogen-bond donors (Lipinski definition) is 2. The minimum atomic E-state index is -2.70. The van der Waals surface area contributed by atoms with Gasteiger partial charge in [-0.25, -0.2) is 13.6 Å². The lowest BCUT2D eigenvalue weighted by Crippen LogP contribution is -2.51. The van der Waals surface area contributed by atoms with Crippen LogP contribution in [0.15, 0.2) is 24.5 Å². The first-order chi connectivity index (χ1) is 11.5. The van der Waals surface area contributed by atoms with Crippen molar-refractivity contribution in [3.63, 3.8) is 0 Å². The van der Waals surface area contributed by atoms with Gasteiger partial charge in [0.05, 0.1) is 17.2 Å². The molecule has 24 heavy (non-hydrogen) atoms. The molecular formula is C16H18F2N4O2. The lowest BCUT2D eigenvalue weighted by atomic mass is 9.96. The van der Waals surface area contributed by atoms with Gasteiger partial charge in [0.1, 0.15) is 5.52 Å². The van der Waals surface area contributed by atoms with Gasteiger partial charge in [0.2, 0.25) is 0 Å². The van der Waals surface area contributed by atoms with E-state index in [0.717, 1.165) is 6.54 Å². The number of carbonyl (C=O) groups is 1. The van der Waals surface area contributed by atoms with Crippen molar-refractivity contribution >= 4 is 22.8 Å². The second kappa shape index (κ2) is 6.64. The van der Waals surface area contributed by atoms with Crippen LogP contribution in [0.25, 0.3) is 11.0 Å². The van der Waals surface area contributed by atoms with Gasteiger partial charge in [0, 0.05) is 24.5 Å². The van der Waals surface area contributed by atoms with Crippen LogP contribution < -0.4 is 10.2 Å². The van der Waals surface area contributed by atoms with Crippen LogP contribution >= 0.6 is 0 Å². The van der Waals surface area contributed by atoms with E-state index in [2.05, 4.69) is 15.3 Å². The van der Waals surface area contributed by atoms with E-state index in [1.54, 1.807) is 0 Å². The number of rotatable bonds is 3. The zero-order valence-electron chi connectivity index (χ0n) is 13.1. The topological polar surface area (TPSA) is 78.4 Å². The Morgan fingerprint density at radius 1 is 1.29 bits per heavy atom. The van der Waals surface area contributed by atoms with Crippen molar-refractivity contribution in [2.45, 2.75) is 25.8 Å². The molecule has 0 saturated carbocycles. The molecule has 2 aromatic rings. The predicted octanol–water partition coefficient (Wildman–Crippen LogP) is 3.05. The number of amides is 1. The number of fused-ring (bicyclic) bond motifs is 1. The minimum Gasteiger partial charge on any atom is -0.465 e. The van der Waals surface area contributed by atoms with Crippen molar-refractivity contribution in [1.82, 2.24) is 15.3 Å². The molecule has 6 nitrogen and oxygen atoms in total. The van der Waals surface area contributed by atoms with Crippen molar-refractivity contribution < 1.29 is 18.7 Å². The van der Waals surface area contributed by atoms with Gasteiger partial charge >= 0.3 is 6.09 Å². The summed E-state index contributed by atoms with van der Waals surface area (Å²) < 4.78 is 26.4. The first kappa shape index (κ1) is 16.5. The Morgan fingerprint density at radius 3 is 2.62 bits per heavy atom. The first-order valence-corrected chi connectivity index (χ1v) is 7.73. The highest BCUT2D eigenvalue weighted by Crippen LogP contribution is 2.33. The molecule has 0 aliphatic carbocycles. The van der Waals surface area contributed by atoms with Crippen LogP contribution in [0.3, 0.4) is 0 Å². The van der Waals surface area contributed by atoms with E-state index in [1.807, 2.05) is 6.92 Å². The number of anilines is 1. The number of alkyl halides is 2. The molecule has 1 aliphatic rings. The summed E-state index contributed by atoms with van der Waals surface area (Å²) in [5.41, 5.74) is 0.252. The molecule has 2 N–H and O–H groups in total. The second-order valence-corrected chi connectivity index (χ2v) is 6.03. The van der Waals surface area contributed by atoms with Crippen LogP contribution in [0, 0.1) is 5.92 Å². The van der Waals surface area contributed by atoms with Gasteiger partial charge in [-0.2, -0.15) is 0 Å². The number of halogens is 2. The van der Waals surface area contributed by atoms with Gasteiger partial charge in [-0.1, -0.05) is 6.92 Å². The van der Waals surface area contributed by atoms with Crippen LogP contribution in [0.5, 0.6) is 0 Å². The molecule has 1 amide bonds. The van der Waals surface area contributed by atoms with Crippen LogP contribution in [-0.4, -0.2) is 40.3 Å². The number of piperidine rings is 1. The van der Waals surface area contributed by atoms with E-state index in [1.165, 1.54) is 29.4 Å².